The van der Waals surface area contributed by atoms with Crippen LogP contribution in [0.1, 0.15) is 26.2 Å². The van der Waals surface area contributed by atoms with E-state index in [2.05, 4.69) is 17.2 Å². The summed E-state index contributed by atoms with van der Waals surface area (Å²) in [6.07, 6.45) is 3.82. The fourth-order valence-electron chi connectivity index (χ4n) is 1.89. The van der Waals surface area contributed by atoms with Crippen LogP contribution < -0.4 is 10.6 Å². The number of hydrogen-bond donors (Lipinski definition) is 2. The van der Waals surface area contributed by atoms with Crippen LogP contribution in [0.3, 0.4) is 0 Å². The summed E-state index contributed by atoms with van der Waals surface area (Å²) in [5.74, 6) is -0.0711. The molecule has 0 bridgehead atoms. The largest absolute Gasteiger partial charge is 0.445 e. The molecule has 5 nitrogen and oxygen atoms in total. The number of ether oxygens (including phenoxy) is 1. The summed E-state index contributed by atoms with van der Waals surface area (Å²) in [6.45, 7) is 5.13. The fraction of sp³-hybridized carbons (Fsp3) is 0.636. The molecule has 0 spiro atoms. The number of rotatable bonds is 4. The van der Waals surface area contributed by atoms with E-state index in [0.29, 0.717) is 0 Å². The number of alkyl carbamates (subject to hydrolysis) is 1. The molecule has 0 aromatic carbocycles. The van der Waals surface area contributed by atoms with Crippen LogP contribution in [0.15, 0.2) is 12.7 Å². The Labute approximate surface area is 95.2 Å². The van der Waals surface area contributed by atoms with E-state index in [9.17, 15) is 9.59 Å². The molecule has 0 aliphatic heterocycles. The molecule has 1 fully saturated rings. The highest BCUT2D eigenvalue weighted by molar-refractivity contribution is 5.73. The smallest absolute Gasteiger partial charge is 0.407 e. The lowest BCUT2D eigenvalue weighted by atomic mass is 10.2. The van der Waals surface area contributed by atoms with Crippen molar-refractivity contribution in [1.82, 2.24) is 10.6 Å². The summed E-state index contributed by atoms with van der Waals surface area (Å²) in [5, 5.41) is 5.57. The maximum atomic E-state index is 11.3. The Morgan fingerprint density at radius 1 is 1.38 bits per heavy atom. The van der Waals surface area contributed by atoms with Crippen LogP contribution in [0.2, 0.25) is 0 Å². The average molecular weight is 226 g/mol. The van der Waals surface area contributed by atoms with Gasteiger partial charge in [0.15, 0.2) is 0 Å². The van der Waals surface area contributed by atoms with Crippen molar-refractivity contribution in [1.29, 1.82) is 0 Å². The van der Waals surface area contributed by atoms with Crippen molar-refractivity contribution in [2.75, 3.05) is 6.61 Å². The van der Waals surface area contributed by atoms with Crippen LogP contribution in [0.4, 0.5) is 4.79 Å². The lowest BCUT2D eigenvalue weighted by molar-refractivity contribution is -0.119. The topological polar surface area (TPSA) is 67.4 Å². The molecule has 2 N–H and O–H groups in total. The van der Waals surface area contributed by atoms with Crippen LogP contribution in [-0.2, 0) is 9.53 Å². The summed E-state index contributed by atoms with van der Waals surface area (Å²) in [5.41, 5.74) is 0. The molecule has 1 rings (SSSR count). The van der Waals surface area contributed by atoms with Gasteiger partial charge in [-0.25, -0.2) is 4.79 Å². The summed E-state index contributed by atoms with van der Waals surface area (Å²) >= 11 is 0. The zero-order valence-corrected chi connectivity index (χ0v) is 9.49. The van der Waals surface area contributed by atoms with E-state index in [-0.39, 0.29) is 24.6 Å². The lowest BCUT2D eigenvalue weighted by Gasteiger charge is -2.21. The van der Waals surface area contributed by atoms with Gasteiger partial charge in [0.25, 0.3) is 0 Å². The monoisotopic (exact) mass is 226 g/mol. The normalized spacial score (nSPS) is 23.6. The van der Waals surface area contributed by atoms with E-state index in [4.69, 9.17) is 4.74 Å². The molecule has 16 heavy (non-hydrogen) atoms. The number of carbonyl (C=O) groups excluding carboxylic acids is 2. The fourth-order valence-corrected chi connectivity index (χ4v) is 1.89. The first kappa shape index (κ1) is 12.5. The minimum atomic E-state index is -0.456. The Morgan fingerprint density at radius 3 is 2.56 bits per heavy atom. The molecule has 0 heterocycles. The molecule has 1 saturated carbocycles. The maximum absolute atomic E-state index is 11.3. The highest BCUT2D eigenvalue weighted by Gasteiger charge is 2.29. The molecule has 0 saturated heterocycles. The van der Waals surface area contributed by atoms with E-state index < -0.39 is 6.09 Å². The van der Waals surface area contributed by atoms with Gasteiger partial charge in [0.1, 0.15) is 6.61 Å². The van der Waals surface area contributed by atoms with Gasteiger partial charge in [-0.05, 0) is 19.3 Å². The van der Waals surface area contributed by atoms with Gasteiger partial charge in [-0.2, -0.15) is 0 Å². The molecule has 5 heteroatoms. The van der Waals surface area contributed by atoms with Gasteiger partial charge in [-0.3, -0.25) is 4.79 Å². The SMILES string of the molecule is C=CCOC(=O)N[C@H]1CCC[C@H]1NC(C)=O. The van der Waals surface area contributed by atoms with Crippen molar-refractivity contribution in [3.05, 3.63) is 12.7 Å². The Kier molecular flexibility index (Phi) is 4.82. The molecule has 90 valence electrons. The number of carbonyl (C=O) groups is 2. The Morgan fingerprint density at radius 2 is 2.00 bits per heavy atom. The van der Waals surface area contributed by atoms with Gasteiger partial charge in [0, 0.05) is 13.0 Å². The zero-order chi connectivity index (χ0) is 12.0. The minimum absolute atomic E-state index is 0.0220. The summed E-state index contributed by atoms with van der Waals surface area (Å²) < 4.78 is 4.83. The van der Waals surface area contributed by atoms with Crippen molar-refractivity contribution in [3.63, 3.8) is 0 Å². The summed E-state index contributed by atoms with van der Waals surface area (Å²) in [7, 11) is 0. The summed E-state index contributed by atoms with van der Waals surface area (Å²) in [4.78, 5) is 22.2. The van der Waals surface area contributed by atoms with Crippen LogP contribution in [0.25, 0.3) is 0 Å². The van der Waals surface area contributed by atoms with Crippen molar-refractivity contribution in [3.8, 4) is 0 Å². The van der Waals surface area contributed by atoms with Gasteiger partial charge >= 0.3 is 6.09 Å². The number of nitrogens with one attached hydrogen (secondary N) is 2. The second-order valence-corrected chi connectivity index (χ2v) is 3.88. The third-order valence-corrected chi connectivity index (χ3v) is 2.54. The van der Waals surface area contributed by atoms with E-state index in [0.717, 1.165) is 19.3 Å². The van der Waals surface area contributed by atoms with Gasteiger partial charge in [0.05, 0.1) is 6.04 Å². The molecular formula is C11H18N2O3. The molecule has 0 aromatic heterocycles. The maximum Gasteiger partial charge on any atom is 0.407 e. The van der Waals surface area contributed by atoms with E-state index in [1.54, 1.807) is 0 Å². The van der Waals surface area contributed by atoms with E-state index >= 15 is 0 Å². The van der Waals surface area contributed by atoms with E-state index in [1.165, 1.54) is 13.0 Å². The Balaban J connectivity index is 2.36. The van der Waals surface area contributed by atoms with E-state index in [1.807, 2.05) is 0 Å². The lowest BCUT2D eigenvalue weighted by Crippen LogP contribution is -2.48. The summed E-state index contributed by atoms with van der Waals surface area (Å²) in [6, 6.07) is -0.00463. The minimum Gasteiger partial charge on any atom is -0.445 e. The Hall–Kier alpha value is -1.52. The third kappa shape index (κ3) is 3.92. The Bertz CT molecular complexity index is 278. The van der Waals surface area contributed by atoms with Crippen molar-refractivity contribution in [2.24, 2.45) is 0 Å². The predicted molar refractivity (Wildman–Crippen MR) is 59.9 cm³/mol. The van der Waals surface area contributed by atoms with Gasteiger partial charge in [0.2, 0.25) is 5.91 Å². The van der Waals surface area contributed by atoms with Gasteiger partial charge in [-0.15, -0.1) is 0 Å². The second kappa shape index (κ2) is 6.15. The van der Waals surface area contributed by atoms with Crippen LogP contribution in [0.5, 0.6) is 0 Å². The second-order valence-electron chi connectivity index (χ2n) is 3.88. The van der Waals surface area contributed by atoms with Crippen LogP contribution in [0, 0.1) is 0 Å². The molecule has 1 aliphatic rings. The molecule has 2 atom stereocenters. The first-order valence-electron chi connectivity index (χ1n) is 5.44. The molecule has 1 aliphatic carbocycles. The first-order chi connectivity index (χ1) is 7.63. The van der Waals surface area contributed by atoms with Crippen molar-refractivity contribution < 1.29 is 14.3 Å². The standard InChI is InChI=1S/C11H18N2O3/c1-3-7-16-11(15)13-10-6-4-5-9(10)12-8(2)14/h3,9-10H,1,4-7H2,2H3,(H,12,14)(H,13,15)/t9-,10+/m1/s1. The van der Waals surface area contributed by atoms with Gasteiger partial charge in [-0.1, -0.05) is 12.7 Å². The van der Waals surface area contributed by atoms with Gasteiger partial charge < -0.3 is 15.4 Å². The van der Waals surface area contributed by atoms with Crippen molar-refractivity contribution in [2.45, 2.75) is 38.3 Å². The molecule has 0 aromatic rings. The third-order valence-electron chi connectivity index (χ3n) is 2.54. The molecule has 2 amide bonds. The first-order valence-corrected chi connectivity index (χ1v) is 5.44. The highest BCUT2D eigenvalue weighted by Crippen LogP contribution is 2.19. The quantitative estimate of drug-likeness (QED) is 0.701. The molecule has 0 radical (unpaired) electrons. The highest BCUT2D eigenvalue weighted by atomic mass is 16.5. The zero-order valence-electron chi connectivity index (χ0n) is 9.49. The molecule has 0 unspecified atom stereocenters. The number of amides is 2. The number of hydrogen-bond acceptors (Lipinski definition) is 3. The molecular weight excluding hydrogens is 208 g/mol. The predicted octanol–water partition coefficient (Wildman–Crippen LogP) is 0.956. The van der Waals surface area contributed by atoms with Crippen LogP contribution >= 0.6 is 0 Å². The van der Waals surface area contributed by atoms with Crippen molar-refractivity contribution >= 4 is 12.0 Å². The van der Waals surface area contributed by atoms with Crippen LogP contribution in [-0.4, -0.2) is 30.7 Å². The average Bonchev–Trinajstić information content (AvgIpc) is 2.62.